The van der Waals surface area contributed by atoms with Crippen molar-refractivity contribution in [2.24, 2.45) is 0 Å². The van der Waals surface area contributed by atoms with E-state index in [1.54, 1.807) is 12.3 Å². The molecule has 0 spiro atoms. The molecule has 3 heteroatoms. The van der Waals surface area contributed by atoms with E-state index in [-0.39, 0.29) is 0 Å². The molecule has 1 aliphatic rings. The molecule has 1 aromatic rings. The summed E-state index contributed by atoms with van der Waals surface area (Å²) in [5.74, 6) is 0.728. The van der Waals surface area contributed by atoms with Crippen LogP contribution in [-0.4, -0.2) is 4.98 Å². The summed E-state index contributed by atoms with van der Waals surface area (Å²) < 4.78 is 0. The van der Waals surface area contributed by atoms with E-state index in [1.807, 2.05) is 24.3 Å². The lowest BCUT2D eigenvalue weighted by Crippen LogP contribution is -2.00. The van der Waals surface area contributed by atoms with Crippen LogP contribution in [-0.2, 0) is 9.78 Å². The van der Waals surface area contributed by atoms with E-state index in [0.717, 1.165) is 17.0 Å². The molecule has 0 bridgehead atoms. The molecule has 3 nitrogen and oxygen atoms in total. The molecule has 0 saturated carbocycles. The summed E-state index contributed by atoms with van der Waals surface area (Å²) in [5.41, 5.74) is 1.80. The van der Waals surface area contributed by atoms with Crippen molar-refractivity contribution in [1.29, 1.82) is 0 Å². The summed E-state index contributed by atoms with van der Waals surface area (Å²) in [6, 6.07) is 5.74. The minimum Gasteiger partial charge on any atom is -0.298 e. The normalized spacial score (nSPS) is 14.4. The van der Waals surface area contributed by atoms with Gasteiger partial charge in [-0.15, -0.1) is 6.58 Å². The molecule has 15 heavy (non-hydrogen) atoms. The molecule has 0 radical (unpaired) electrons. The van der Waals surface area contributed by atoms with Crippen molar-refractivity contribution >= 4 is 5.57 Å². The van der Waals surface area contributed by atoms with Crippen molar-refractivity contribution in [1.82, 2.24) is 4.98 Å². The highest BCUT2D eigenvalue weighted by molar-refractivity contribution is 5.73. The van der Waals surface area contributed by atoms with Gasteiger partial charge in [-0.3, -0.25) is 14.8 Å². The summed E-state index contributed by atoms with van der Waals surface area (Å²) in [4.78, 5) is 14.1. The number of hydrogen-bond donors (Lipinski definition) is 0. The summed E-state index contributed by atoms with van der Waals surface area (Å²) in [5, 5.41) is 0. The van der Waals surface area contributed by atoms with Gasteiger partial charge in [0.2, 0.25) is 0 Å². The Morgan fingerprint density at radius 2 is 2.33 bits per heavy atom. The first-order chi connectivity index (χ1) is 7.42. The molecule has 2 heterocycles. The Morgan fingerprint density at radius 1 is 1.40 bits per heavy atom. The van der Waals surface area contributed by atoms with Crippen LogP contribution in [0.1, 0.15) is 12.1 Å². The molecule has 0 fully saturated rings. The Bertz CT molecular complexity index is 407. The van der Waals surface area contributed by atoms with Crippen molar-refractivity contribution < 1.29 is 9.78 Å². The first-order valence-corrected chi connectivity index (χ1v) is 4.67. The van der Waals surface area contributed by atoms with Gasteiger partial charge in [-0.05, 0) is 18.2 Å². The average molecular weight is 201 g/mol. The van der Waals surface area contributed by atoms with E-state index in [4.69, 9.17) is 9.78 Å². The molecule has 1 aliphatic heterocycles. The van der Waals surface area contributed by atoms with E-state index in [1.165, 1.54) is 6.26 Å². The zero-order valence-corrected chi connectivity index (χ0v) is 8.22. The number of rotatable bonds is 3. The van der Waals surface area contributed by atoms with Crippen LogP contribution in [0.3, 0.4) is 0 Å². The van der Waals surface area contributed by atoms with Crippen LogP contribution in [0.4, 0.5) is 0 Å². The number of hydrogen-bond acceptors (Lipinski definition) is 3. The molecule has 0 aliphatic carbocycles. The Morgan fingerprint density at radius 3 is 3.07 bits per heavy atom. The highest BCUT2D eigenvalue weighted by atomic mass is 17.2. The van der Waals surface area contributed by atoms with Crippen LogP contribution in [0.25, 0.3) is 5.57 Å². The van der Waals surface area contributed by atoms with Gasteiger partial charge in [-0.1, -0.05) is 12.1 Å². The van der Waals surface area contributed by atoms with Crippen LogP contribution in [0.15, 0.2) is 55.1 Å². The summed E-state index contributed by atoms with van der Waals surface area (Å²) in [7, 11) is 0. The molecular weight excluding hydrogens is 190 g/mol. The zero-order valence-electron chi connectivity index (χ0n) is 8.22. The molecule has 0 atom stereocenters. The van der Waals surface area contributed by atoms with Gasteiger partial charge in [-0.25, -0.2) is 0 Å². The lowest BCUT2D eigenvalue weighted by Gasteiger charge is -2.13. The highest BCUT2D eigenvalue weighted by Gasteiger charge is 2.12. The Kier molecular flexibility index (Phi) is 2.83. The minimum atomic E-state index is 0.621. The summed E-state index contributed by atoms with van der Waals surface area (Å²) in [6.07, 6.45) is 7.47. The Labute approximate surface area is 88.3 Å². The van der Waals surface area contributed by atoms with E-state index < -0.39 is 0 Å². The van der Waals surface area contributed by atoms with E-state index >= 15 is 0 Å². The van der Waals surface area contributed by atoms with Crippen molar-refractivity contribution in [3.8, 4) is 0 Å². The largest absolute Gasteiger partial charge is 0.298 e. The molecule has 0 aromatic carbocycles. The van der Waals surface area contributed by atoms with Crippen molar-refractivity contribution in [3.63, 3.8) is 0 Å². The van der Waals surface area contributed by atoms with Crippen molar-refractivity contribution in [2.45, 2.75) is 6.42 Å². The maximum atomic E-state index is 5.07. The highest BCUT2D eigenvalue weighted by Crippen LogP contribution is 2.25. The fraction of sp³-hybridized carbons (Fsp3) is 0.0833. The SMILES string of the molecule is C=CCC1=C(c2ccccn2)C=COO1. The zero-order chi connectivity index (χ0) is 10.5. The first kappa shape index (κ1) is 9.52. The number of allylic oxidation sites excluding steroid dienone is 3. The molecular formula is C12H11NO2. The van der Waals surface area contributed by atoms with Crippen LogP contribution in [0.5, 0.6) is 0 Å². The number of aromatic nitrogens is 1. The van der Waals surface area contributed by atoms with Gasteiger partial charge in [0.1, 0.15) is 6.26 Å². The molecule has 2 rings (SSSR count). The standard InChI is InChI=1S/C12H11NO2/c1-2-5-12-10(7-9-14-15-12)11-6-3-4-8-13-11/h2-4,6-9H,1,5H2. The lowest BCUT2D eigenvalue weighted by atomic mass is 10.1. The third kappa shape index (κ3) is 2.07. The van der Waals surface area contributed by atoms with Gasteiger partial charge in [0, 0.05) is 18.2 Å². The third-order valence-electron chi connectivity index (χ3n) is 2.01. The van der Waals surface area contributed by atoms with Crippen molar-refractivity contribution in [3.05, 3.63) is 60.8 Å². The second-order valence-electron chi connectivity index (χ2n) is 3.03. The predicted octanol–water partition coefficient (Wildman–Crippen LogP) is 2.84. The molecule has 1 aromatic heterocycles. The predicted molar refractivity (Wildman–Crippen MR) is 57.3 cm³/mol. The van der Waals surface area contributed by atoms with Crippen LogP contribution < -0.4 is 0 Å². The topological polar surface area (TPSA) is 31.4 Å². The second-order valence-corrected chi connectivity index (χ2v) is 3.03. The fourth-order valence-corrected chi connectivity index (χ4v) is 1.34. The summed E-state index contributed by atoms with van der Waals surface area (Å²) in [6.45, 7) is 3.67. The minimum absolute atomic E-state index is 0.621. The van der Waals surface area contributed by atoms with Crippen LogP contribution in [0, 0.1) is 0 Å². The van der Waals surface area contributed by atoms with Gasteiger partial charge < -0.3 is 0 Å². The van der Waals surface area contributed by atoms with E-state index in [9.17, 15) is 0 Å². The maximum absolute atomic E-state index is 5.07. The molecule has 0 saturated heterocycles. The third-order valence-corrected chi connectivity index (χ3v) is 2.01. The smallest absolute Gasteiger partial charge is 0.168 e. The first-order valence-electron chi connectivity index (χ1n) is 4.67. The van der Waals surface area contributed by atoms with E-state index in [2.05, 4.69) is 11.6 Å². The quantitative estimate of drug-likeness (QED) is 0.556. The Hall–Kier alpha value is -2.03. The molecule has 0 amide bonds. The van der Waals surface area contributed by atoms with Gasteiger partial charge in [0.25, 0.3) is 0 Å². The number of pyridine rings is 1. The molecule has 0 unspecified atom stereocenters. The van der Waals surface area contributed by atoms with Gasteiger partial charge >= 0.3 is 0 Å². The van der Waals surface area contributed by atoms with Crippen LogP contribution >= 0.6 is 0 Å². The van der Waals surface area contributed by atoms with Crippen molar-refractivity contribution in [2.75, 3.05) is 0 Å². The fourth-order valence-electron chi connectivity index (χ4n) is 1.34. The van der Waals surface area contributed by atoms with Gasteiger partial charge in [0.15, 0.2) is 5.76 Å². The molecule has 0 N–H and O–H groups in total. The monoisotopic (exact) mass is 201 g/mol. The lowest BCUT2D eigenvalue weighted by molar-refractivity contribution is -0.214. The Balaban J connectivity index is 2.39. The second kappa shape index (κ2) is 4.46. The van der Waals surface area contributed by atoms with Crippen LogP contribution in [0.2, 0.25) is 0 Å². The molecule has 76 valence electrons. The van der Waals surface area contributed by atoms with Gasteiger partial charge in [-0.2, -0.15) is 0 Å². The number of nitrogens with zero attached hydrogens (tertiary/aromatic N) is 1. The van der Waals surface area contributed by atoms with E-state index in [0.29, 0.717) is 6.42 Å². The van der Waals surface area contributed by atoms with Gasteiger partial charge in [0.05, 0.1) is 5.69 Å². The maximum Gasteiger partial charge on any atom is 0.168 e. The summed E-state index contributed by atoms with van der Waals surface area (Å²) >= 11 is 0. The average Bonchev–Trinajstić information content (AvgIpc) is 2.31.